The monoisotopic (exact) mass is 159 g/mol. The summed E-state index contributed by atoms with van der Waals surface area (Å²) in [5.41, 5.74) is 0. The highest BCUT2D eigenvalue weighted by molar-refractivity contribution is 5.78. The molecule has 2 nitrogen and oxygen atoms in total. The molecule has 0 radical (unpaired) electrons. The predicted molar refractivity (Wildman–Crippen MR) is 25.0 cm³/mol. The van der Waals surface area contributed by atoms with Crippen molar-refractivity contribution < 1.29 is 22.4 Å². The van der Waals surface area contributed by atoms with Gasteiger partial charge in [-0.15, -0.1) is 0 Å². The molecule has 0 fully saturated rings. The fraction of sp³-hybridized carbons (Fsp3) is 0.750. The van der Waals surface area contributed by atoms with Gasteiger partial charge in [-0.2, -0.15) is 8.78 Å². The molecule has 0 heterocycles. The number of carbonyl (C=O) groups excluding carboxylic acids is 1. The van der Waals surface area contributed by atoms with Gasteiger partial charge >= 0.3 is 6.43 Å². The molecule has 0 atom stereocenters. The molecule has 6 heteroatoms. The Kier molecular flexibility index (Phi) is 3.75. The molecule has 10 heavy (non-hydrogen) atoms. The van der Waals surface area contributed by atoms with Crippen molar-refractivity contribution in [2.75, 3.05) is 6.54 Å². The molecule has 0 bridgehead atoms. The number of hydrogen-bond acceptors (Lipinski definition) is 1. The molecule has 0 aromatic heterocycles. The summed E-state index contributed by atoms with van der Waals surface area (Å²) in [5.74, 6) is -1.67. The minimum absolute atomic E-state index is 1.02. The summed E-state index contributed by atoms with van der Waals surface area (Å²) in [7, 11) is 0. The van der Waals surface area contributed by atoms with Gasteiger partial charge in [0.15, 0.2) is 0 Å². The molecule has 1 N–H and O–H groups in total. The van der Waals surface area contributed by atoms with Crippen molar-refractivity contribution in [1.29, 1.82) is 0 Å². The van der Waals surface area contributed by atoms with Gasteiger partial charge in [-0.25, -0.2) is 8.78 Å². The van der Waals surface area contributed by atoms with E-state index in [1.54, 1.807) is 0 Å². The topological polar surface area (TPSA) is 29.1 Å². The lowest BCUT2D eigenvalue weighted by molar-refractivity contribution is -0.132. The van der Waals surface area contributed by atoms with Crippen molar-refractivity contribution in [3.05, 3.63) is 0 Å². The Hall–Kier alpha value is -0.810. The molecular formula is C4H5F4NO. The van der Waals surface area contributed by atoms with E-state index in [0.29, 0.717) is 0 Å². The van der Waals surface area contributed by atoms with E-state index < -0.39 is 25.3 Å². The van der Waals surface area contributed by atoms with E-state index >= 15 is 0 Å². The number of carbonyl (C=O) groups is 1. The fourth-order valence-corrected chi connectivity index (χ4v) is 0.255. The molecule has 0 saturated carbocycles. The Morgan fingerprint density at radius 1 is 1.30 bits per heavy atom. The zero-order chi connectivity index (χ0) is 8.15. The first-order valence-electron chi connectivity index (χ1n) is 2.38. The summed E-state index contributed by atoms with van der Waals surface area (Å²) in [6.07, 6.45) is -6.01. The summed E-state index contributed by atoms with van der Waals surface area (Å²) in [6.45, 7) is -1.02. The standard InChI is InChI=1S/C4H5F4NO/c5-2(6)1-9-4(10)3(7)8/h2-3H,1H2,(H,9,10). The second-order valence-electron chi connectivity index (χ2n) is 1.44. The van der Waals surface area contributed by atoms with Crippen LogP contribution in [0, 0.1) is 0 Å². The first-order chi connectivity index (χ1) is 4.54. The predicted octanol–water partition coefficient (Wildman–Crippen LogP) is 0.633. The minimum atomic E-state index is -3.22. The summed E-state index contributed by atoms with van der Waals surface area (Å²) in [6, 6.07) is 0. The van der Waals surface area contributed by atoms with Crippen LogP contribution in [0.15, 0.2) is 0 Å². The van der Waals surface area contributed by atoms with E-state index in [-0.39, 0.29) is 0 Å². The van der Waals surface area contributed by atoms with Crippen LogP contribution in [-0.4, -0.2) is 25.3 Å². The Labute approximate surface area is 54.2 Å². The first kappa shape index (κ1) is 9.19. The van der Waals surface area contributed by atoms with Gasteiger partial charge in [0.05, 0.1) is 6.54 Å². The van der Waals surface area contributed by atoms with Gasteiger partial charge in [0.2, 0.25) is 0 Å². The van der Waals surface area contributed by atoms with Crippen LogP contribution in [0.25, 0.3) is 0 Å². The SMILES string of the molecule is O=C(NCC(F)F)C(F)F. The highest BCUT2D eigenvalue weighted by Crippen LogP contribution is 1.92. The summed E-state index contributed by atoms with van der Waals surface area (Å²) in [4.78, 5) is 9.85. The van der Waals surface area contributed by atoms with Crippen LogP contribution < -0.4 is 5.32 Å². The molecule has 60 valence electrons. The number of nitrogens with one attached hydrogen (secondary N) is 1. The number of halogens is 4. The van der Waals surface area contributed by atoms with E-state index in [9.17, 15) is 22.4 Å². The van der Waals surface area contributed by atoms with Gasteiger partial charge in [0.25, 0.3) is 12.3 Å². The molecule has 0 spiro atoms. The minimum Gasteiger partial charge on any atom is -0.345 e. The molecule has 0 saturated heterocycles. The van der Waals surface area contributed by atoms with Crippen LogP contribution in [0.1, 0.15) is 0 Å². The Morgan fingerprint density at radius 2 is 1.80 bits per heavy atom. The van der Waals surface area contributed by atoms with E-state index in [1.807, 2.05) is 0 Å². The third-order valence-electron chi connectivity index (χ3n) is 0.629. The lowest BCUT2D eigenvalue weighted by Gasteiger charge is -2.01. The van der Waals surface area contributed by atoms with Crippen molar-refractivity contribution in [2.45, 2.75) is 12.9 Å². The molecule has 1 amide bonds. The molecule has 0 aromatic carbocycles. The van der Waals surface area contributed by atoms with Gasteiger partial charge in [0.1, 0.15) is 0 Å². The number of alkyl halides is 4. The lowest BCUT2D eigenvalue weighted by Crippen LogP contribution is -2.33. The highest BCUT2D eigenvalue weighted by atomic mass is 19.3. The molecule has 0 aliphatic rings. The smallest absolute Gasteiger partial charge is 0.315 e. The molecule has 0 rings (SSSR count). The molecular weight excluding hydrogens is 154 g/mol. The summed E-state index contributed by atoms with van der Waals surface area (Å²) in [5, 5.41) is 1.34. The second-order valence-corrected chi connectivity index (χ2v) is 1.44. The fourth-order valence-electron chi connectivity index (χ4n) is 0.255. The first-order valence-corrected chi connectivity index (χ1v) is 2.38. The Morgan fingerprint density at radius 3 is 2.10 bits per heavy atom. The van der Waals surface area contributed by atoms with Crippen molar-refractivity contribution in [3.63, 3.8) is 0 Å². The average Bonchev–Trinajstić information content (AvgIpc) is 1.82. The van der Waals surface area contributed by atoms with Crippen molar-refractivity contribution in [2.24, 2.45) is 0 Å². The van der Waals surface area contributed by atoms with Gasteiger partial charge in [-0.05, 0) is 0 Å². The number of amides is 1. The van der Waals surface area contributed by atoms with Gasteiger partial charge in [-0.1, -0.05) is 0 Å². The molecule has 0 aliphatic carbocycles. The van der Waals surface area contributed by atoms with Crippen molar-refractivity contribution in [3.8, 4) is 0 Å². The Balaban J connectivity index is 3.40. The molecule has 0 aliphatic heterocycles. The maximum Gasteiger partial charge on any atom is 0.315 e. The molecule has 0 aromatic rings. The third-order valence-corrected chi connectivity index (χ3v) is 0.629. The number of rotatable bonds is 3. The van der Waals surface area contributed by atoms with Crippen molar-refractivity contribution in [1.82, 2.24) is 5.32 Å². The zero-order valence-corrected chi connectivity index (χ0v) is 4.78. The van der Waals surface area contributed by atoms with E-state index in [2.05, 4.69) is 0 Å². The van der Waals surface area contributed by atoms with Crippen LogP contribution in [0.3, 0.4) is 0 Å². The lowest BCUT2D eigenvalue weighted by atomic mass is 10.6. The quantitative estimate of drug-likeness (QED) is 0.601. The highest BCUT2D eigenvalue weighted by Gasteiger charge is 2.15. The average molecular weight is 159 g/mol. The van der Waals surface area contributed by atoms with E-state index in [4.69, 9.17) is 0 Å². The van der Waals surface area contributed by atoms with E-state index in [0.717, 1.165) is 0 Å². The van der Waals surface area contributed by atoms with Crippen LogP contribution >= 0.6 is 0 Å². The Bertz CT molecular complexity index is 116. The largest absolute Gasteiger partial charge is 0.345 e. The van der Waals surface area contributed by atoms with Crippen LogP contribution in [0.4, 0.5) is 17.6 Å². The summed E-state index contributed by atoms with van der Waals surface area (Å²) < 4.78 is 44.8. The van der Waals surface area contributed by atoms with Crippen LogP contribution in [0.2, 0.25) is 0 Å². The van der Waals surface area contributed by atoms with Crippen LogP contribution in [-0.2, 0) is 4.79 Å². The molecule has 0 unspecified atom stereocenters. The number of hydrogen-bond donors (Lipinski definition) is 1. The van der Waals surface area contributed by atoms with Crippen LogP contribution in [0.5, 0.6) is 0 Å². The van der Waals surface area contributed by atoms with Crippen molar-refractivity contribution >= 4 is 5.91 Å². The summed E-state index contributed by atoms with van der Waals surface area (Å²) >= 11 is 0. The zero-order valence-electron chi connectivity index (χ0n) is 4.78. The normalized spacial score (nSPS) is 10.6. The van der Waals surface area contributed by atoms with Gasteiger partial charge in [0, 0.05) is 0 Å². The van der Waals surface area contributed by atoms with Gasteiger partial charge in [-0.3, -0.25) is 4.79 Å². The maximum absolute atomic E-state index is 11.2. The van der Waals surface area contributed by atoms with Gasteiger partial charge < -0.3 is 5.32 Å². The third kappa shape index (κ3) is 4.11. The second kappa shape index (κ2) is 4.08. The van der Waals surface area contributed by atoms with E-state index in [1.165, 1.54) is 5.32 Å². The maximum atomic E-state index is 11.2.